The normalized spacial score (nSPS) is 20.0. The first kappa shape index (κ1) is 15.0. The number of halogens is 1. The zero-order valence-corrected chi connectivity index (χ0v) is 12.5. The Bertz CT molecular complexity index is 799. The third-order valence-corrected chi connectivity index (χ3v) is 3.88. The summed E-state index contributed by atoms with van der Waals surface area (Å²) < 4.78 is 18.5. The molecule has 1 fully saturated rings. The monoisotopic (exact) mass is 310 g/mol. The van der Waals surface area contributed by atoms with Crippen molar-refractivity contribution in [2.45, 2.75) is 19.3 Å². The average Bonchev–Trinajstić information content (AvgIpc) is 3.09. The van der Waals surface area contributed by atoms with Crippen LogP contribution in [0.1, 0.15) is 30.8 Å². The highest BCUT2D eigenvalue weighted by atomic mass is 19.1. The Kier molecular flexibility index (Phi) is 3.98. The summed E-state index contributed by atoms with van der Waals surface area (Å²) in [6, 6.07) is 10.8. The first-order valence-corrected chi connectivity index (χ1v) is 7.35. The number of hydrogen-bond acceptors (Lipinski definition) is 3. The lowest BCUT2D eigenvalue weighted by molar-refractivity contribution is -0.112. The molecule has 4 nitrogen and oxygen atoms in total. The van der Waals surface area contributed by atoms with Gasteiger partial charge in [0, 0.05) is 17.7 Å². The molecule has 1 aliphatic carbocycles. The molecule has 2 atom stereocenters. The summed E-state index contributed by atoms with van der Waals surface area (Å²) in [5.74, 6) is 1.48. The van der Waals surface area contributed by atoms with E-state index < -0.39 is 11.7 Å². The summed E-state index contributed by atoms with van der Waals surface area (Å²) in [6.07, 6.45) is 2.52. The van der Waals surface area contributed by atoms with E-state index in [9.17, 15) is 9.18 Å². The largest absolute Gasteiger partial charge is 0.461 e. The molecular formula is C18H15FN2O2. The zero-order chi connectivity index (χ0) is 16.4. The van der Waals surface area contributed by atoms with Crippen LogP contribution < -0.4 is 5.32 Å². The van der Waals surface area contributed by atoms with E-state index in [0.29, 0.717) is 23.3 Å². The van der Waals surface area contributed by atoms with Crippen LogP contribution in [0.15, 0.2) is 46.4 Å². The Balaban J connectivity index is 1.73. The SMILES string of the molecule is C[C@H]1C[C@@H]1c1ccc(/C=C(\C#N)C(=O)Nc2ccc(F)cc2)o1. The second-order valence-electron chi connectivity index (χ2n) is 5.69. The van der Waals surface area contributed by atoms with Gasteiger partial charge in [-0.3, -0.25) is 4.79 Å². The summed E-state index contributed by atoms with van der Waals surface area (Å²) in [4.78, 5) is 12.1. The van der Waals surface area contributed by atoms with Gasteiger partial charge >= 0.3 is 0 Å². The van der Waals surface area contributed by atoms with Crippen molar-refractivity contribution in [2.24, 2.45) is 5.92 Å². The summed E-state index contributed by atoms with van der Waals surface area (Å²) in [5, 5.41) is 11.7. The van der Waals surface area contributed by atoms with Crippen LogP contribution in [-0.2, 0) is 4.79 Å². The summed E-state index contributed by atoms with van der Waals surface area (Å²) in [5.41, 5.74) is 0.351. The van der Waals surface area contributed by atoms with Crippen LogP contribution in [0.3, 0.4) is 0 Å². The van der Waals surface area contributed by atoms with E-state index in [0.717, 1.165) is 12.2 Å². The highest BCUT2D eigenvalue weighted by Gasteiger charge is 2.36. The van der Waals surface area contributed by atoms with Gasteiger partial charge in [-0.2, -0.15) is 5.26 Å². The van der Waals surface area contributed by atoms with Crippen molar-refractivity contribution in [3.05, 3.63) is 59.3 Å². The Morgan fingerprint density at radius 3 is 2.65 bits per heavy atom. The maximum Gasteiger partial charge on any atom is 0.266 e. The minimum Gasteiger partial charge on any atom is -0.461 e. The van der Waals surface area contributed by atoms with Gasteiger partial charge in [-0.05, 0) is 48.7 Å². The molecule has 1 aromatic heterocycles. The molecule has 1 aromatic carbocycles. The van der Waals surface area contributed by atoms with Crippen molar-refractivity contribution < 1.29 is 13.6 Å². The van der Waals surface area contributed by atoms with Crippen LogP contribution in [0.25, 0.3) is 6.08 Å². The number of amides is 1. The van der Waals surface area contributed by atoms with E-state index in [1.165, 1.54) is 30.3 Å². The van der Waals surface area contributed by atoms with E-state index in [2.05, 4.69) is 12.2 Å². The fraction of sp³-hybridized carbons (Fsp3) is 0.222. The topological polar surface area (TPSA) is 66.0 Å². The fourth-order valence-electron chi connectivity index (χ4n) is 2.39. The highest BCUT2D eigenvalue weighted by molar-refractivity contribution is 6.09. The molecule has 1 aliphatic rings. The Hall–Kier alpha value is -2.87. The molecule has 2 aromatic rings. The maximum absolute atomic E-state index is 12.8. The smallest absolute Gasteiger partial charge is 0.266 e. The van der Waals surface area contributed by atoms with Gasteiger partial charge in [0.25, 0.3) is 5.91 Å². The molecule has 1 amide bonds. The number of carbonyl (C=O) groups excluding carboxylic acids is 1. The molecule has 1 N–H and O–H groups in total. The maximum atomic E-state index is 12.8. The lowest BCUT2D eigenvalue weighted by atomic mass is 10.2. The van der Waals surface area contributed by atoms with Gasteiger partial charge in [-0.15, -0.1) is 0 Å². The number of hydrogen-bond donors (Lipinski definition) is 1. The van der Waals surface area contributed by atoms with Crippen LogP contribution in [-0.4, -0.2) is 5.91 Å². The second-order valence-corrected chi connectivity index (χ2v) is 5.69. The van der Waals surface area contributed by atoms with Crippen molar-refractivity contribution in [1.82, 2.24) is 0 Å². The van der Waals surface area contributed by atoms with Crippen molar-refractivity contribution in [3.8, 4) is 6.07 Å². The lowest BCUT2D eigenvalue weighted by Crippen LogP contribution is -2.13. The van der Waals surface area contributed by atoms with Gasteiger partial charge in [0.2, 0.25) is 0 Å². The number of nitrogens with one attached hydrogen (secondary N) is 1. The van der Waals surface area contributed by atoms with Gasteiger partial charge in [0.15, 0.2) is 0 Å². The first-order valence-electron chi connectivity index (χ1n) is 7.35. The van der Waals surface area contributed by atoms with Crippen LogP contribution >= 0.6 is 0 Å². The highest BCUT2D eigenvalue weighted by Crippen LogP contribution is 2.47. The summed E-state index contributed by atoms with van der Waals surface area (Å²) >= 11 is 0. The standard InChI is InChI=1S/C18H15FN2O2/c1-11-8-16(11)17-7-6-15(23-17)9-12(10-20)18(22)21-14-4-2-13(19)3-5-14/h2-7,9,11,16H,8H2,1H3,(H,21,22)/b12-9+/t11-,16-/m0/s1. The molecule has 0 aliphatic heterocycles. The van der Waals surface area contributed by atoms with Crippen molar-refractivity contribution >= 4 is 17.7 Å². The van der Waals surface area contributed by atoms with E-state index in [4.69, 9.17) is 9.68 Å². The molecule has 23 heavy (non-hydrogen) atoms. The Morgan fingerprint density at radius 2 is 2.04 bits per heavy atom. The van der Waals surface area contributed by atoms with Gasteiger partial charge < -0.3 is 9.73 Å². The van der Waals surface area contributed by atoms with Gasteiger partial charge in [-0.25, -0.2) is 4.39 Å². The molecule has 0 radical (unpaired) electrons. The third kappa shape index (κ3) is 3.49. The van der Waals surface area contributed by atoms with Crippen LogP contribution in [0, 0.1) is 23.1 Å². The third-order valence-electron chi connectivity index (χ3n) is 3.88. The van der Waals surface area contributed by atoms with E-state index >= 15 is 0 Å². The van der Waals surface area contributed by atoms with Crippen molar-refractivity contribution in [3.63, 3.8) is 0 Å². The van der Waals surface area contributed by atoms with Crippen LogP contribution in [0.4, 0.5) is 10.1 Å². The Morgan fingerprint density at radius 1 is 1.35 bits per heavy atom. The second kappa shape index (κ2) is 6.09. The molecule has 5 heteroatoms. The van der Waals surface area contributed by atoms with Gasteiger partial charge in [0.1, 0.15) is 29.0 Å². The number of nitrogens with zero attached hydrogens (tertiary/aromatic N) is 1. The van der Waals surface area contributed by atoms with Crippen LogP contribution in [0.5, 0.6) is 0 Å². The zero-order valence-electron chi connectivity index (χ0n) is 12.5. The van der Waals surface area contributed by atoms with Gasteiger partial charge in [-0.1, -0.05) is 6.92 Å². The summed E-state index contributed by atoms with van der Waals surface area (Å²) in [7, 11) is 0. The quantitative estimate of drug-likeness (QED) is 0.683. The van der Waals surface area contributed by atoms with E-state index in [-0.39, 0.29) is 5.57 Å². The van der Waals surface area contributed by atoms with Crippen molar-refractivity contribution in [1.29, 1.82) is 5.26 Å². The summed E-state index contributed by atoms with van der Waals surface area (Å²) in [6.45, 7) is 2.15. The van der Waals surface area contributed by atoms with Gasteiger partial charge in [0.05, 0.1) is 0 Å². The molecule has 0 unspecified atom stereocenters. The Labute approximate surface area is 133 Å². The average molecular weight is 310 g/mol. The van der Waals surface area contributed by atoms with Crippen molar-refractivity contribution in [2.75, 3.05) is 5.32 Å². The van der Waals surface area contributed by atoms with Crippen LogP contribution in [0.2, 0.25) is 0 Å². The first-order chi connectivity index (χ1) is 11.1. The van der Waals surface area contributed by atoms with E-state index in [1.54, 1.807) is 6.07 Å². The lowest BCUT2D eigenvalue weighted by Gasteiger charge is -2.03. The number of benzene rings is 1. The number of rotatable bonds is 4. The molecule has 116 valence electrons. The minimum absolute atomic E-state index is 0.0703. The molecule has 1 saturated carbocycles. The number of carbonyl (C=O) groups is 1. The molecule has 1 heterocycles. The molecule has 3 rings (SSSR count). The van der Waals surface area contributed by atoms with E-state index in [1.807, 2.05) is 12.1 Å². The number of nitriles is 1. The fourth-order valence-corrected chi connectivity index (χ4v) is 2.39. The molecular weight excluding hydrogens is 295 g/mol. The number of furan rings is 1. The minimum atomic E-state index is -0.558. The molecule has 0 saturated heterocycles. The molecule has 0 spiro atoms. The predicted molar refractivity (Wildman–Crippen MR) is 83.8 cm³/mol. The predicted octanol–water partition coefficient (Wildman–Crippen LogP) is 4.09. The molecule has 0 bridgehead atoms. The number of anilines is 1.